The van der Waals surface area contributed by atoms with Gasteiger partial charge in [0.05, 0.1) is 11.1 Å². The average Bonchev–Trinajstić information content (AvgIpc) is 3.21. The van der Waals surface area contributed by atoms with Crippen molar-refractivity contribution in [1.29, 1.82) is 0 Å². The first-order valence-corrected chi connectivity index (χ1v) is 18.3. The summed E-state index contributed by atoms with van der Waals surface area (Å²) in [6.07, 6.45) is 1.31. The summed E-state index contributed by atoms with van der Waals surface area (Å²) in [6.45, 7) is 4.24. The van der Waals surface area contributed by atoms with E-state index in [0.29, 0.717) is 46.9 Å². The van der Waals surface area contributed by atoms with Crippen molar-refractivity contribution in [3.8, 4) is 23.0 Å². The molecule has 0 bridgehead atoms. The van der Waals surface area contributed by atoms with E-state index in [1.54, 1.807) is 36.4 Å². The van der Waals surface area contributed by atoms with Gasteiger partial charge in [0, 0.05) is 67.5 Å². The Balaban J connectivity index is 1.11. The van der Waals surface area contributed by atoms with Crippen molar-refractivity contribution in [3.05, 3.63) is 167 Å². The molecule has 0 saturated heterocycles. The molecule has 0 radical (unpaired) electrons. The van der Waals surface area contributed by atoms with E-state index in [0.717, 1.165) is 22.5 Å². The number of nitrogens with zero attached hydrogens (tertiary/aromatic N) is 2. The molecule has 0 heterocycles. The highest BCUT2D eigenvalue weighted by atomic mass is 16.5. The summed E-state index contributed by atoms with van der Waals surface area (Å²) < 4.78 is 12.2. The molecule has 0 aliphatic carbocycles. The van der Waals surface area contributed by atoms with Crippen LogP contribution in [-0.4, -0.2) is 52.6 Å². The van der Waals surface area contributed by atoms with Gasteiger partial charge in [-0.15, -0.1) is 0 Å². The van der Waals surface area contributed by atoms with E-state index >= 15 is 0 Å². The minimum Gasteiger partial charge on any atom is -0.457 e. The van der Waals surface area contributed by atoms with Crippen molar-refractivity contribution in [2.24, 2.45) is 0 Å². The number of rotatable bonds is 14. The standard InChI is InChI=1S/C47H44N4O6/c1-47(2,33-9-23-39(24-10-33)56-41-21-7-31(29-52)43(27-41)45(54)48-35-13-17-37(18-14-35)50(3)4)34-11-25-40(26-12-34)57-42-22-8-32(30-53)44(28-42)46(55)49-36-15-19-38(20-16-36)51(5)6/h7-30H,1-6H3,(H,48,54)(H,49,55). The summed E-state index contributed by atoms with van der Waals surface area (Å²) in [7, 11) is 7.75. The molecule has 2 amide bonds. The number of ether oxygens (including phenoxy) is 2. The van der Waals surface area contributed by atoms with Crippen LogP contribution < -0.4 is 29.9 Å². The Hall–Kier alpha value is -7.20. The molecule has 0 aliphatic rings. The lowest BCUT2D eigenvalue weighted by molar-refractivity contribution is 0.101. The number of carbonyl (C=O) groups excluding carboxylic acids is 4. The Morgan fingerprint density at radius 3 is 1.14 bits per heavy atom. The van der Waals surface area contributed by atoms with Crippen LogP contribution in [0.1, 0.15) is 66.4 Å². The largest absolute Gasteiger partial charge is 0.457 e. The molecule has 6 aromatic carbocycles. The van der Waals surface area contributed by atoms with Crippen LogP contribution in [0.15, 0.2) is 133 Å². The van der Waals surface area contributed by atoms with Gasteiger partial charge in [-0.1, -0.05) is 38.1 Å². The van der Waals surface area contributed by atoms with Gasteiger partial charge in [-0.3, -0.25) is 19.2 Å². The van der Waals surface area contributed by atoms with E-state index in [2.05, 4.69) is 24.5 Å². The van der Waals surface area contributed by atoms with Crippen LogP contribution in [0.4, 0.5) is 22.7 Å². The smallest absolute Gasteiger partial charge is 0.256 e. The van der Waals surface area contributed by atoms with Crippen LogP contribution >= 0.6 is 0 Å². The van der Waals surface area contributed by atoms with Crippen LogP contribution in [0, 0.1) is 0 Å². The lowest BCUT2D eigenvalue weighted by atomic mass is 9.78. The van der Waals surface area contributed by atoms with Crippen LogP contribution in [0.25, 0.3) is 0 Å². The van der Waals surface area contributed by atoms with E-state index in [1.807, 2.05) is 135 Å². The van der Waals surface area contributed by atoms with Crippen molar-refractivity contribution >= 4 is 47.1 Å². The molecule has 0 atom stereocenters. The van der Waals surface area contributed by atoms with Gasteiger partial charge in [-0.05, 0) is 120 Å². The summed E-state index contributed by atoms with van der Waals surface area (Å²) >= 11 is 0. The predicted molar refractivity (Wildman–Crippen MR) is 226 cm³/mol. The Morgan fingerprint density at radius 1 is 0.491 bits per heavy atom. The zero-order valence-corrected chi connectivity index (χ0v) is 32.7. The number of carbonyl (C=O) groups is 4. The van der Waals surface area contributed by atoms with Gasteiger partial charge >= 0.3 is 0 Å². The Morgan fingerprint density at radius 2 is 0.825 bits per heavy atom. The highest BCUT2D eigenvalue weighted by Gasteiger charge is 2.24. The quantitative estimate of drug-likeness (QED) is 0.105. The molecule has 0 fully saturated rings. The molecule has 0 saturated carbocycles. The molecular formula is C47H44N4O6. The Labute approximate surface area is 332 Å². The van der Waals surface area contributed by atoms with Crippen molar-refractivity contribution in [3.63, 3.8) is 0 Å². The second-order valence-corrected chi connectivity index (χ2v) is 14.4. The SMILES string of the molecule is CN(C)c1ccc(NC(=O)c2cc(Oc3ccc(C(C)(C)c4ccc(Oc5ccc(C=O)c(C(=O)Nc6ccc(N(C)C)cc6)c5)cc4)cc3)ccc2C=O)cc1. The molecule has 57 heavy (non-hydrogen) atoms. The van der Waals surface area contributed by atoms with Gasteiger partial charge < -0.3 is 29.9 Å². The maximum atomic E-state index is 13.2. The van der Waals surface area contributed by atoms with Crippen molar-refractivity contribution in [2.45, 2.75) is 19.3 Å². The minimum absolute atomic E-state index is 0.204. The molecule has 0 unspecified atom stereocenters. The number of anilines is 4. The summed E-state index contributed by atoms with van der Waals surface area (Å²) in [4.78, 5) is 53.9. The van der Waals surface area contributed by atoms with Crippen LogP contribution in [0.5, 0.6) is 23.0 Å². The second kappa shape index (κ2) is 17.1. The molecule has 10 heteroatoms. The van der Waals surface area contributed by atoms with Gasteiger partial charge in [-0.25, -0.2) is 0 Å². The fourth-order valence-electron chi connectivity index (χ4n) is 6.20. The molecule has 0 spiro atoms. The first kappa shape index (κ1) is 39.5. The average molecular weight is 761 g/mol. The molecule has 2 N–H and O–H groups in total. The highest BCUT2D eigenvalue weighted by molar-refractivity contribution is 6.10. The third-order valence-corrected chi connectivity index (χ3v) is 9.70. The Kier molecular flexibility index (Phi) is 11.8. The molecule has 0 aliphatic heterocycles. The third-order valence-electron chi connectivity index (χ3n) is 9.70. The summed E-state index contributed by atoms with van der Waals surface area (Å²) in [6, 6.07) is 39.8. The molecule has 10 nitrogen and oxygen atoms in total. The van der Waals surface area contributed by atoms with Crippen molar-refractivity contribution in [2.75, 3.05) is 48.6 Å². The van der Waals surface area contributed by atoms with Gasteiger partial charge in [-0.2, -0.15) is 0 Å². The van der Waals surface area contributed by atoms with Crippen LogP contribution in [-0.2, 0) is 5.41 Å². The maximum Gasteiger partial charge on any atom is 0.256 e. The molecular weight excluding hydrogens is 717 g/mol. The number of aldehydes is 2. The monoisotopic (exact) mass is 760 g/mol. The van der Waals surface area contributed by atoms with E-state index in [-0.39, 0.29) is 27.7 Å². The van der Waals surface area contributed by atoms with Crippen molar-refractivity contribution in [1.82, 2.24) is 0 Å². The second-order valence-electron chi connectivity index (χ2n) is 14.4. The maximum absolute atomic E-state index is 13.2. The zero-order valence-electron chi connectivity index (χ0n) is 32.7. The van der Waals surface area contributed by atoms with Gasteiger partial charge in [0.25, 0.3) is 11.8 Å². The zero-order chi connectivity index (χ0) is 40.7. The summed E-state index contributed by atoms with van der Waals surface area (Å²) in [5, 5.41) is 5.72. The van der Waals surface area contributed by atoms with E-state index in [9.17, 15) is 19.2 Å². The minimum atomic E-state index is -0.417. The van der Waals surface area contributed by atoms with Gasteiger partial charge in [0.2, 0.25) is 0 Å². The molecule has 6 rings (SSSR count). The molecule has 0 aromatic heterocycles. The summed E-state index contributed by atoms with van der Waals surface area (Å²) in [5.74, 6) is 1.13. The number of hydrogen-bond donors (Lipinski definition) is 2. The highest BCUT2D eigenvalue weighted by Crippen LogP contribution is 2.35. The van der Waals surface area contributed by atoms with E-state index in [4.69, 9.17) is 9.47 Å². The summed E-state index contributed by atoms with van der Waals surface area (Å²) in [5.41, 5.74) is 5.82. The van der Waals surface area contributed by atoms with Crippen LogP contribution in [0.2, 0.25) is 0 Å². The van der Waals surface area contributed by atoms with E-state index < -0.39 is 11.8 Å². The van der Waals surface area contributed by atoms with Crippen molar-refractivity contribution < 1.29 is 28.7 Å². The lowest BCUT2D eigenvalue weighted by Gasteiger charge is -2.26. The van der Waals surface area contributed by atoms with Gasteiger partial charge in [0.15, 0.2) is 12.6 Å². The number of nitrogens with one attached hydrogen (secondary N) is 2. The topological polar surface area (TPSA) is 117 Å². The van der Waals surface area contributed by atoms with Crippen LogP contribution in [0.3, 0.4) is 0 Å². The fourth-order valence-corrected chi connectivity index (χ4v) is 6.20. The first-order valence-electron chi connectivity index (χ1n) is 18.3. The fraction of sp³-hybridized carbons (Fsp3) is 0.149. The third kappa shape index (κ3) is 9.37. The number of amides is 2. The number of hydrogen-bond acceptors (Lipinski definition) is 8. The lowest BCUT2D eigenvalue weighted by Crippen LogP contribution is -2.18. The van der Waals surface area contributed by atoms with Gasteiger partial charge in [0.1, 0.15) is 23.0 Å². The Bertz CT molecular complexity index is 2220. The normalized spacial score (nSPS) is 10.9. The first-order chi connectivity index (χ1) is 27.3. The van der Waals surface area contributed by atoms with E-state index in [1.165, 1.54) is 0 Å². The predicted octanol–water partition coefficient (Wildman–Crippen LogP) is 9.86. The number of benzene rings is 6. The molecule has 6 aromatic rings. The molecule has 288 valence electrons.